The molecule has 0 radical (unpaired) electrons. The first kappa shape index (κ1) is 9.75. The number of rotatable bonds is 4. The Morgan fingerprint density at radius 2 is 2.31 bits per heavy atom. The predicted octanol–water partition coefficient (Wildman–Crippen LogP) is 0.881. The van der Waals surface area contributed by atoms with Gasteiger partial charge in [0.05, 0.1) is 6.54 Å². The average Bonchev–Trinajstić information content (AvgIpc) is 2.51. The number of hydrogen-bond acceptors (Lipinski definition) is 4. The largest absolute Gasteiger partial charge is 0.424 e. The van der Waals surface area contributed by atoms with E-state index in [1.54, 1.807) is 6.92 Å². The fourth-order valence-electron chi connectivity index (χ4n) is 0.880. The Kier molecular flexibility index (Phi) is 4.00. The van der Waals surface area contributed by atoms with Crippen molar-refractivity contribution in [1.82, 2.24) is 15.5 Å². The van der Waals surface area contributed by atoms with Gasteiger partial charge in [0.15, 0.2) is 0 Å². The van der Waals surface area contributed by atoms with Crippen LogP contribution in [0, 0.1) is 18.8 Å². The van der Waals surface area contributed by atoms with Gasteiger partial charge in [-0.15, -0.1) is 22.0 Å². The first-order valence-electron chi connectivity index (χ1n) is 4.22. The van der Waals surface area contributed by atoms with Crippen LogP contribution in [0.1, 0.15) is 25.1 Å². The summed E-state index contributed by atoms with van der Waals surface area (Å²) in [6, 6.07) is 0. The minimum Gasteiger partial charge on any atom is -0.424 e. The summed E-state index contributed by atoms with van der Waals surface area (Å²) < 4.78 is 5.17. The first-order valence-corrected chi connectivity index (χ1v) is 4.22. The molecule has 0 aliphatic carbocycles. The minimum atomic E-state index is 0.602. The van der Waals surface area contributed by atoms with Crippen LogP contribution in [0.25, 0.3) is 0 Å². The van der Waals surface area contributed by atoms with Crippen molar-refractivity contribution in [3.63, 3.8) is 0 Å². The molecule has 1 rings (SSSR count). The lowest BCUT2D eigenvalue weighted by molar-refractivity contribution is 0.448. The molecule has 70 valence electrons. The highest BCUT2D eigenvalue weighted by Crippen LogP contribution is 1.95. The monoisotopic (exact) mass is 179 g/mol. The average molecular weight is 179 g/mol. The normalized spacial score (nSPS) is 9.38. The van der Waals surface area contributed by atoms with Crippen LogP contribution in [0.3, 0.4) is 0 Å². The Morgan fingerprint density at radius 1 is 1.46 bits per heavy atom. The molecule has 0 aliphatic heterocycles. The van der Waals surface area contributed by atoms with Crippen LogP contribution in [-0.4, -0.2) is 16.7 Å². The summed E-state index contributed by atoms with van der Waals surface area (Å²) in [4.78, 5) is 0. The molecule has 4 heteroatoms. The SMILES string of the molecule is CC#CCCNCc1nnc(C)o1. The van der Waals surface area contributed by atoms with E-state index in [-0.39, 0.29) is 0 Å². The molecule has 1 aromatic rings. The lowest BCUT2D eigenvalue weighted by atomic mass is 10.4. The summed E-state index contributed by atoms with van der Waals surface area (Å²) in [5.74, 6) is 7.02. The molecule has 1 N–H and O–H groups in total. The highest BCUT2D eigenvalue weighted by molar-refractivity contribution is 4.95. The van der Waals surface area contributed by atoms with E-state index in [4.69, 9.17) is 4.42 Å². The van der Waals surface area contributed by atoms with Crippen molar-refractivity contribution in [2.75, 3.05) is 6.54 Å². The maximum atomic E-state index is 5.17. The molecule has 0 unspecified atom stereocenters. The summed E-state index contributed by atoms with van der Waals surface area (Å²) in [5.41, 5.74) is 0. The summed E-state index contributed by atoms with van der Waals surface area (Å²) in [5, 5.41) is 10.7. The van der Waals surface area contributed by atoms with E-state index < -0.39 is 0 Å². The summed E-state index contributed by atoms with van der Waals surface area (Å²) in [7, 11) is 0. The summed E-state index contributed by atoms with van der Waals surface area (Å²) in [6.07, 6.45) is 0.851. The van der Waals surface area contributed by atoms with Gasteiger partial charge >= 0.3 is 0 Å². The molecule has 0 saturated carbocycles. The second kappa shape index (κ2) is 5.33. The van der Waals surface area contributed by atoms with E-state index in [0.29, 0.717) is 18.3 Å². The number of aromatic nitrogens is 2. The van der Waals surface area contributed by atoms with Gasteiger partial charge in [-0.05, 0) is 6.92 Å². The van der Waals surface area contributed by atoms with E-state index in [9.17, 15) is 0 Å². The van der Waals surface area contributed by atoms with Gasteiger partial charge in [-0.1, -0.05) is 0 Å². The Bertz CT molecular complexity index is 308. The maximum absolute atomic E-state index is 5.17. The maximum Gasteiger partial charge on any atom is 0.230 e. The third kappa shape index (κ3) is 3.72. The topological polar surface area (TPSA) is 51.0 Å². The van der Waals surface area contributed by atoms with Crippen LogP contribution in [0.2, 0.25) is 0 Å². The van der Waals surface area contributed by atoms with E-state index in [1.165, 1.54) is 0 Å². The molecular weight excluding hydrogens is 166 g/mol. The molecule has 0 spiro atoms. The molecular formula is C9H13N3O. The molecule has 1 heterocycles. The highest BCUT2D eigenvalue weighted by Gasteiger charge is 1.99. The van der Waals surface area contributed by atoms with Crippen molar-refractivity contribution in [3.8, 4) is 11.8 Å². The van der Waals surface area contributed by atoms with Gasteiger partial charge in [0.1, 0.15) is 0 Å². The van der Waals surface area contributed by atoms with Gasteiger partial charge < -0.3 is 9.73 Å². The van der Waals surface area contributed by atoms with E-state index in [2.05, 4.69) is 27.4 Å². The van der Waals surface area contributed by atoms with Crippen molar-refractivity contribution >= 4 is 0 Å². The number of nitrogens with one attached hydrogen (secondary N) is 1. The molecule has 0 aromatic carbocycles. The molecule has 1 aromatic heterocycles. The third-order valence-corrected chi connectivity index (χ3v) is 1.45. The number of nitrogens with zero attached hydrogens (tertiary/aromatic N) is 2. The van der Waals surface area contributed by atoms with Gasteiger partial charge in [-0.2, -0.15) is 0 Å². The quantitative estimate of drug-likeness (QED) is 0.550. The Labute approximate surface area is 77.7 Å². The van der Waals surface area contributed by atoms with Gasteiger partial charge in [-0.3, -0.25) is 0 Å². The standard InChI is InChI=1S/C9H13N3O/c1-3-4-5-6-10-7-9-12-11-8(2)13-9/h10H,5-7H2,1-2H3. The lowest BCUT2D eigenvalue weighted by Crippen LogP contribution is -2.14. The summed E-state index contributed by atoms with van der Waals surface area (Å²) >= 11 is 0. The number of hydrogen-bond donors (Lipinski definition) is 1. The van der Waals surface area contributed by atoms with Crippen LogP contribution in [0.5, 0.6) is 0 Å². The Balaban J connectivity index is 2.15. The van der Waals surface area contributed by atoms with Crippen LogP contribution < -0.4 is 5.32 Å². The fourth-order valence-corrected chi connectivity index (χ4v) is 0.880. The molecule has 4 nitrogen and oxygen atoms in total. The molecule has 0 amide bonds. The molecule has 0 saturated heterocycles. The van der Waals surface area contributed by atoms with Gasteiger partial charge in [0.25, 0.3) is 0 Å². The first-order chi connectivity index (χ1) is 6.33. The van der Waals surface area contributed by atoms with Crippen molar-refractivity contribution < 1.29 is 4.42 Å². The highest BCUT2D eigenvalue weighted by atomic mass is 16.4. The second-order valence-electron chi connectivity index (χ2n) is 2.57. The predicted molar refractivity (Wildman–Crippen MR) is 48.8 cm³/mol. The lowest BCUT2D eigenvalue weighted by Gasteiger charge is -1.95. The molecule has 0 aliphatic rings. The molecule has 0 atom stereocenters. The second-order valence-corrected chi connectivity index (χ2v) is 2.57. The Hall–Kier alpha value is -1.34. The van der Waals surface area contributed by atoms with E-state index in [1.807, 2.05) is 6.92 Å². The van der Waals surface area contributed by atoms with Gasteiger partial charge in [0.2, 0.25) is 11.8 Å². The van der Waals surface area contributed by atoms with Crippen LogP contribution >= 0.6 is 0 Å². The smallest absolute Gasteiger partial charge is 0.230 e. The van der Waals surface area contributed by atoms with E-state index >= 15 is 0 Å². The van der Waals surface area contributed by atoms with E-state index in [0.717, 1.165) is 13.0 Å². The Morgan fingerprint density at radius 3 is 2.92 bits per heavy atom. The van der Waals surface area contributed by atoms with Gasteiger partial charge in [-0.25, -0.2) is 0 Å². The van der Waals surface area contributed by atoms with Crippen molar-refractivity contribution in [3.05, 3.63) is 11.8 Å². The van der Waals surface area contributed by atoms with Crippen LogP contribution in [0.15, 0.2) is 4.42 Å². The molecule has 0 bridgehead atoms. The summed E-state index contributed by atoms with van der Waals surface area (Å²) in [6.45, 7) is 5.08. The minimum absolute atomic E-state index is 0.602. The van der Waals surface area contributed by atoms with Crippen LogP contribution in [0.4, 0.5) is 0 Å². The molecule has 13 heavy (non-hydrogen) atoms. The number of aryl methyl sites for hydroxylation is 1. The fraction of sp³-hybridized carbons (Fsp3) is 0.556. The third-order valence-electron chi connectivity index (χ3n) is 1.45. The van der Waals surface area contributed by atoms with Crippen molar-refractivity contribution in [2.45, 2.75) is 26.8 Å². The van der Waals surface area contributed by atoms with Crippen molar-refractivity contribution in [2.24, 2.45) is 0 Å². The van der Waals surface area contributed by atoms with Gasteiger partial charge in [0, 0.05) is 19.9 Å². The zero-order valence-corrected chi connectivity index (χ0v) is 7.92. The van der Waals surface area contributed by atoms with Crippen molar-refractivity contribution in [1.29, 1.82) is 0 Å². The zero-order valence-electron chi connectivity index (χ0n) is 7.92. The zero-order chi connectivity index (χ0) is 9.52. The molecule has 0 fully saturated rings. The van der Waals surface area contributed by atoms with Crippen LogP contribution in [-0.2, 0) is 6.54 Å².